The van der Waals surface area contributed by atoms with E-state index in [2.05, 4.69) is 17.4 Å². The van der Waals surface area contributed by atoms with Crippen LogP contribution in [-0.4, -0.2) is 43.1 Å². The Kier molecular flexibility index (Phi) is 4.32. The van der Waals surface area contributed by atoms with E-state index in [-0.39, 0.29) is 24.0 Å². The van der Waals surface area contributed by atoms with Crippen LogP contribution >= 0.6 is 0 Å². The lowest BCUT2D eigenvalue weighted by atomic mass is 10.0. The molecule has 2 fully saturated rings. The Bertz CT molecular complexity index is 538. The molecule has 1 saturated heterocycles. The van der Waals surface area contributed by atoms with Crippen LogP contribution in [0.1, 0.15) is 30.7 Å². The van der Waals surface area contributed by atoms with Gasteiger partial charge >= 0.3 is 6.09 Å². The molecule has 5 nitrogen and oxygen atoms in total. The highest BCUT2D eigenvalue weighted by Gasteiger charge is 2.44. The zero-order valence-corrected chi connectivity index (χ0v) is 12.8. The minimum atomic E-state index is -0.281. The van der Waals surface area contributed by atoms with E-state index in [1.165, 1.54) is 12.7 Å². The standard InChI is InChI=1S/C17H22N2O3/c1-22-17(21)19-9-7-13(8-10-19)18-16(20)15-11-14(15)12-5-3-2-4-6-12/h2-6,13-15H,7-11H2,1H3,(H,18,20). The van der Waals surface area contributed by atoms with Gasteiger partial charge in [0.2, 0.25) is 5.91 Å². The molecule has 5 heteroatoms. The first-order chi connectivity index (χ1) is 10.7. The van der Waals surface area contributed by atoms with Crippen molar-refractivity contribution in [1.29, 1.82) is 0 Å². The Labute approximate surface area is 130 Å². The lowest BCUT2D eigenvalue weighted by Gasteiger charge is -2.31. The van der Waals surface area contributed by atoms with E-state index in [4.69, 9.17) is 4.74 Å². The third-order valence-electron chi connectivity index (χ3n) is 4.63. The van der Waals surface area contributed by atoms with Crippen LogP contribution in [0.25, 0.3) is 0 Å². The van der Waals surface area contributed by atoms with Crippen molar-refractivity contribution in [3.63, 3.8) is 0 Å². The maximum atomic E-state index is 12.3. The van der Waals surface area contributed by atoms with Gasteiger partial charge in [-0.15, -0.1) is 0 Å². The number of amides is 2. The number of methoxy groups -OCH3 is 1. The van der Waals surface area contributed by atoms with Crippen molar-refractivity contribution in [1.82, 2.24) is 10.2 Å². The largest absolute Gasteiger partial charge is 0.453 e. The summed E-state index contributed by atoms with van der Waals surface area (Å²) >= 11 is 0. The molecule has 1 heterocycles. The summed E-state index contributed by atoms with van der Waals surface area (Å²) in [5, 5.41) is 3.14. The van der Waals surface area contributed by atoms with Crippen LogP contribution in [0.15, 0.2) is 30.3 Å². The fraction of sp³-hybridized carbons (Fsp3) is 0.529. The molecule has 0 radical (unpaired) electrons. The van der Waals surface area contributed by atoms with Gasteiger partial charge in [-0.25, -0.2) is 4.79 Å². The number of hydrogen-bond acceptors (Lipinski definition) is 3. The van der Waals surface area contributed by atoms with Gasteiger partial charge in [0, 0.05) is 25.0 Å². The fourth-order valence-corrected chi connectivity index (χ4v) is 3.20. The Morgan fingerprint density at radius 2 is 1.86 bits per heavy atom. The average molecular weight is 302 g/mol. The van der Waals surface area contributed by atoms with E-state index in [0.29, 0.717) is 19.0 Å². The summed E-state index contributed by atoms with van der Waals surface area (Å²) in [6, 6.07) is 10.4. The van der Waals surface area contributed by atoms with E-state index in [0.717, 1.165) is 19.3 Å². The molecule has 2 unspecified atom stereocenters. The third kappa shape index (κ3) is 3.24. The molecule has 1 saturated carbocycles. The zero-order chi connectivity index (χ0) is 15.5. The number of nitrogens with zero attached hydrogens (tertiary/aromatic N) is 1. The van der Waals surface area contributed by atoms with Gasteiger partial charge in [-0.3, -0.25) is 4.79 Å². The fourth-order valence-electron chi connectivity index (χ4n) is 3.20. The van der Waals surface area contributed by atoms with E-state index in [1.54, 1.807) is 4.90 Å². The lowest BCUT2D eigenvalue weighted by Crippen LogP contribution is -2.47. The Hall–Kier alpha value is -2.04. The van der Waals surface area contributed by atoms with Crippen molar-refractivity contribution in [2.45, 2.75) is 31.2 Å². The van der Waals surface area contributed by atoms with Gasteiger partial charge in [-0.1, -0.05) is 30.3 Å². The van der Waals surface area contributed by atoms with Crippen LogP contribution in [0.5, 0.6) is 0 Å². The van der Waals surface area contributed by atoms with Crippen molar-refractivity contribution in [2.75, 3.05) is 20.2 Å². The molecule has 22 heavy (non-hydrogen) atoms. The summed E-state index contributed by atoms with van der Waals surface area (Å²) in [6.45, 7) is 1.29. The lowest BCUT2D eigenvalue weighted by molar-refractivity contribution is -0.123. The molecule has 2 aliphatic rings. The number of carbonyl (C=O) groups is 2. The number of hydrogen-bond donors (Lipinski definition) is 1. The second-order valence-electron chi connectivity index (χ2n) is 6.10. The summed E-state index contributed by atoms with van der Waals surface area (Å²) in [6.07, 6.45) is 2.25. The predicted octanol–water partition coefficient (Wildman–Crippen LogP) is 2.14. The summed E-state index contributed by atoms with van der Waals surface area (Å²) in [4.78, 5) is 25.4. The van der Waals surface area contributed by atoms with Crippen molar-refractivity contribution in [2.24, 2.45) is 5.92 Å². The van der Waals surface area contributed by atoms with E-state index >= 15 is 0 Å². The van der Waals surface area contributed by atoms with Crippen molar-refractivity contribution < 1.29 is 14.3 Å². The van der Waals surface area contributed by atoms with Gasteiger partial charge in [0.15, 0.2) is 0 Å². The number of rotatable bonds is 3. The quantitative estimate of drug-likeness (QED) is 0.930. The van der Waals surface area contributed by atoms with Gasteiger partial charge in [0.1, 0.15) is 0 Å². The molecule has 1 aliphatic heterocycles. The number of carbonyl (C=O) groups excluding carboxylic acids is 2. The molecule has 1 aromatic rings. The first-order valence-electron chi connectivity index (χ1n) is 7.87. The molecule has 2 amide bonds. The normalized spacial score (nSPS) is 24.7. The molecule has 1 aliphatic carbocycles. The number of likely N-dealkylation sites (tertiary alicyclic amines) is 1. The van der Waals surface area contributed by atoms with E-state index in [1.807, 2.05) is 18.2 Å². The minimum absolute atomic E-state index is 0.112. The first-order valence-corrected chi connectivity index (χ1v) is 7.87. The van der Waals surface area contributed by atoms with Crippen LogP contribution in [-0.2, 0) is 9.53 Å². The molecular weight excluding hydrogens is 280 g/mol. The van der Waals surface area contributed by atoms with Gasteiger partial charge < -0.3 is 15.0 Å². The topological polar surface area (TPSA) is 58.6 Å². The summed E-state index contributed by atoms with van der Waals surface area (Å²) < 4.78 is 4.72. The maximum Gasteiger partial charge on any atom is 0.409 e. The predicted molar refractivity (Wildman–Crippen MR) is 82.4 cm³/mol. The smallest absolute Gasteiger partial charge is 0.409 e. The van der Waals surface area contributed by atoms with Crippen LogP contribution in [0.4, 0.5) is 4.79 Å². The number of piperidine rings is 1. The molecule has 0 bridgehead atoms. The molecule has 2 atom stereocenters. The molecule has 3 rings (SSSR count). The van der Waals surface area contributed by atoms with Crippen LogP contribution in [0, 0.1) is 5.92 Å². The SMILES string of the molecule is COC(=O)N1CCC(NC(=O)C2CC2c2ccccc2)CC1. The molecular formula is C17H22N2O3. The number of benzene rings is 1. The highest BCUT2D eigenvalue weighted by molar-refractivity contribution is 5.83. The van der Waals surface area contributed by atoms with Crippen LogP contribution in [0.2, 0.25) is 0 Å². The maximum absolute atomic E-state index is 12.3. The highest BCUT2D eigenvalue weighted by atomic mass is 16.5. The number of nitrogens with one attached hydrogen (secondary N) is 1. The van der Waals surface area contributed by atoms with Crippen LogP contribution in [0.3, 0.4) is 0 Å². The third-order valence-corrected chi connectivity index (χ3v) is 4.63. The average Bonchev–Trinajstić information content (AvgIpc) is 3.36. The van der Waals surface area contributed by atoms with Gasteiger partial charge in [-0.2, -0.15) is 0 Å². The van der Waals surface area contributed by atoms with E-state index in [9.17, 15) is 9.59 Å². The van der Waals surface area contributed by atoms with Crippen molar-refractivity contribution in [3.05, 3.63) is 35.9 Å². The highest BCUT2D eigenvalue weighted by Crippen LogP contribution is 2.47. The second-order valence-corrected chi connectivity index (χ2v) is 6.10. The minimum Gasteiger partial charge on any atom is -0.453 e. The monoisotopic (exact) mass is 302 g/mol. The van der Waals surface area contributed by atoms with Crippen molar-refractivity contribution in [3.8, 4) is 0 Å². The first kappa shape index (κ1) is 14.9. The summed E-state index contributed by atoms with van der Waals surface area (Å²) in [7, 11) is 1.40. The molecule has 0 spiro atoms. The van der Waals surface area contributed by atoms with Crippen molar-refractivity contribution >= 4 is 12.0 Å². The summed E-state index contributed by atoms with van der Waals surface area (Å²) in [5.41, 5.74) is 1.25. The molecule has 1 aromatic carbocycles. The van der Waals surface area contributed by atoms with Gasteiger partial charge in [0.25, 0.3) is 0 Å². The molecule has 0 aromatic heterocycles. The summed E-state index contributed by atoms with van der Waals surface area (Å²) in [5.74, 6) is 0.641. The van der Waals surface area contributed by atoms with E-state index < -0.39 is 0 Å². The Balaban J connectivity index is 1.45. The van der Waals surface area contributed by atoms with Gasteiger partial charge in [0.05, 0.1) is 7.11 Å². The zero-order valence-electron chi connectivity index (χ0n) is 12.8. The van der Waals surface area contributed by atoms with Crippen LogP contribution < -0.4 is 5.32 Å². The van der Waals surface area contributed by atoms with Gasteiger partial charge in [-0.05, 0) is 30.7 Å². The molecule has 118 valence electrons. The number of ether oxygens (including phenoxy) is 1. The Morgan fingerprint density at radius 1 is 1.18 bits per heavy atom. The second kappa shape index (κ2) is 6.38. The Morgan fingerprint density at radius 3 is 2.50 bits per heavy atom. The molecule has 1 N–H and O–H groups in total.